The maximum absolute atomic E-state index is 11.3. The molecular weight excluding hydrogens is 318 g/mol. The molecule has 0 aliphatic heterocycles. The van der Waals surface area contributed by atoms with Crippen LogP contribution >= 0.6 is 0 Å². The molecule has 25 heavy (non-hydrogen) atoms. The van der Waals surface area contributed by atoms with Gasteiger partial charge in [-0.2, -0.15) is 0 Å². The lowest BCUT2D eigenvalue weighted by atomic mass is 9.89. The lowest BCUT2D eigenvalue weighted by molar-refractivity contribution is -0.384. The first-order valence-corrected chi connectivity index (χ1v) is 8.42. The van der Waals surface area contributed by atoms with Crippen LogP contribution in [0.15, 0.2) is 36.4 Å². The Balaban J connectivity index is 1.86. The van der Waals surface area contributed by atoms with E-state index in [1.54, 1.807) is 0 Å². The first-order chi connectivity index (χ1) is 12.0. The highest BCUT2D eigenvalue weighted by molar-refractivity contribution is 5.94. The molecule has 0 radical (unpaired) electrons. The van der Waals surface area contributed by atoms with Gasteiger partial charge < -0.3 is 11.1 Å². The molecule has 0 fully saturated rings. The fourth-order valence-electron chi connectivity index (χ4n) is 3.30. The molecule has 1 atom stereocenters. The molecule has 0 spiro atoms. The van der Waals surface area contributed by atoms with Gasteiger partial charge in [-0.25, -0.2) is 0 Å². The standard InChI is InChI=1S/C19H21N3O3/c1-12(14-7-6-13-4-2-3-5-15(13)10-14)21-17-9-8-16(19(20)23)11-18(17)22(24)25/h6-12,21H,2-5H2,1H3,(H2,20,23)/t12-/m0/s1. The van der Waals surface area contributed by atoms with Crippen LogP contribution in [-0.2, 0) is 12.8 Å². The van der Waals surface area contributed by atoms with Gasteiger partial charge in [-0.3, -0.25) is 14.9 Å². The van der Waals surface area contributed by atoms with Gasteiger partial charge in [0.1, 0.15) is 5.69 Å². The van der Waals surface area contributed by atoms with E-state index in [1.165, 1.54) is 42.2 Å². The van der Waals surface area contributed by atoms with E-state index in [0.717, 1.165) is 18.4 Å². The molecule has 1 aliphatic carbocycles. The number of hydrogen-bond donors (Lipinski definition) is 2. The van der Waals surface area contributed by atoms with E-state index < -0.39 is 10.8 Å². The lowest BCUT2D eigenvalue weighted by Gasteiger charge is -2.20. The van der Waals surface area contributed by atoms with E-state index in [4.69, 9.17) is 5.73 Å². The molecule has 2 aromatic rings. The summed E-state index contributed by atoms with van der Waals surface area (Å²) in [6.07, 6.45) is 4.65. The molecule has 0 bridgehead atoms. The van der Waals surface area contributed by atoms with Crippen molar-refractivity contribution >= 4 is 17.3 Å². The van der Waals surface area contributed by atoms with Gasteiger partial charge in [0.2, 0.25) is 5.91 Å². The van der Waals surface area contributed by atoms with E-state index in [1.807, 2.05) is 6.92 Å². The number of aryl methyl sites for hydroxylation is 2. The van der Waals surface area contributed by atoms with Gasteiger partial charge in [0.15, 0.2) is 0 Å². The number of benzene rings is 2. The molecule has 130 valence electrons. The lowest BCUT2D eigenvalue weighted by Crippen LogP contribution is -2.13. The highest BCUT2D eigenvalue weighted by atomic mass is 16.6. The quantitative estimate of drug-likeness (QED) is 0.640. The largest absolute Gasteiger partial charge is 0.373 e. The number of nitro groups is 1. The van der Waals surface area contributed by atoms with Crippen LogP contribution in [0.5, 0.6) is 0 Å². The van der Waals surface area contributed by atoms with Crippen molar-refractivity contribution in [2.45, 2.75) is 38.6 Å². The Bertz CT molecular complexity index is 833. The first kappa shape index (κ1) is 17.0. The smallest absolute Gasteiger partial charge is 0.293 e. The average Bonchev–Trinajstić information content (AvgIpc) is 2.61. The molecule has 0 aromatic heterocycles. The number of anilines is 1. The van der Waals surface area contributed by atoms with Crippen molar-refractivity contribution in [2.24, 2.45) is 5.73 Å². The zero-order valence-electron chi connectivity index (χ0n) is 14.1. The third-order valence-electron chi connectivity index (χ3n) is 4.72. The van der Waals surface area contributed by atoms with Crippen LogP contribution in [0.1, 0.15) is 52.9 Å². The number of nitrogens with two attached hydrogens (primary N) is 1. The molecule has 2 aromatic carbocycles. The number of amides is 1. The van der Waals surface area contributed by atoms with E-state index in [0.29, 0.717) is 5.69 Å². The maximum atomic E-state index is 11.3. The molecule has 0 saturated carbocycles. The Hall–Kier alpha value is -2.89. The van der Waals surface area contributed by atoms with Crippen molar-refractivity contribution in [3.63, 3.8) is 0 Å². The number of hydrogen-bond acceptors (Lipinski definition) is 4. The van der Waals surface area contributed by atoms with E-state index in [2.05, 4.69) is 23.5 Å². The van der Waals surface area contributed by atoms with Gasteiger partial charge in [0.25, 0.3) is 5.69 Å². The minimum absolute atomic E-state index is 0.0923. The predicted molar refractivity (Wildman–Crippen MR) is 96.7 cm³/mol. The number of primary amides is 1. The summed E-state index contributed by atoms with van der Waals surface area (Å²) in [5.41, 5.74) is 9.42. The van der Waals surface area contributed by atoms with Gasteiger partial charge in [-0.15, -0.1) is 0 Å². The number of nitrogens with one attached hydrogen (secondary N) is 1. The Morgan fingerprint density at radius 2 is 1.88 bits per heavy atom. The van der Waals surface area contributed by atoms with Crippen LogP contribution in [0.25, 0.3) is 0 Å². The summed E-state index contributed by atoms with van der Waals surface area (Å²) in [5.74, 6) is -0.683. The van der Waals surface area contributed by atoms with Gasteiger partial charge >= 0.3 is 0 Å². The van der Waals surface area contributed by atoms with Gasteiger partial charge in [-0.1, -0.05) is 18.2 Å². The van der Waals surface area contributed by atoms with Crippen molar-refractivity contribution in [3.05, 3.63) is 68.8 Å². The zero-order chi connectivity index (χ0) is 18.0. The summed E-state index contributed by atoms with van der Waals surface area (Å²) in [6, 6.07) is 10.6. The fraction of sp³-hybridized carbons (Fsp3) is 0.316. The van der Waals surface area contributed by atoms with Crippen LogP contribution in [0.4, 0.5) is 11.4 Å². The molecule has 6 heteroatoms. The highest BCUT2D eigenvalue weighted by Crippen LogP contribution is 2.31. The summed E-state index contributed by atoms with van der Waals surface area (Å²) in [6.45, 7) is 1.97. The first-order valence-electron chi connectivity index (χ1n) is 8.42. The average molecular weight is 339 g/mol. The molecule has 0 heterocycles. The van der Waals surface area contributed by atoms with Crippen molar-refractivity contribution in [3.8, 4) is 0 Å². The van der Waals surface area contributed by atoms with Crippen LogP contribution in [0.3, 0.4) is 0 Å². The predicted octanol–water partition coefficient (Wildman–Crippen LogP) is 3.75. The minimum atomic E-state index is -0.683. The van der Waals surface area contributed by atoms with Gasteiger partial charge in [0.05, 0.1) is 4.92 Å². The fourth-order valence-corrected chi connectivity index (χ4v) is 3.30. The van der Waals surface area contributed by atoms with Crippen molar-refractivity contribution in [1.82, 2.24) is 0 Å². The molecule has 1 aliphatic rings. The molecule has 6 nitrogen and oxygen atoms in total. The Labute approximate surface area is 146 Å². The Kier molecular flexibility index (Phi) is 4.70. The summed E-state index contributed by atoms with van der Waals surface area (Å²) in [7, 11) is 0. The topological polar surface area (TPSA) is 98.3 Å². The van der Waals surface area contributed by atoms with Crippen LogP contribution in [-0.4, -0.2) is 10.8 Å². The number of carbonyl (C=O) groups is 1. The van der Waals surface area contributed by atoms with E-state index >= 15 is 0 Å². The highest BCUT2D eigenvalue weighted by Gasteiger charge is 2.19. The Morgan fingerprint density at radius 1 is 1.16 bits per heavy atom. The summed E-state index contributed by atoms with van der Waals surface area (Å²) < 4.78 is 0. The molecule has 1 amide bonds. The van der Waals surface area contributed by atoms with Gasteiger partial charge in [-0.05, 0) is 61.4 Å². The maximum Gasteiger partial charge on any atom is 0.293 e. The number of nitro benzene ring substituents is 1. The second kappa shape index (κ2) is 6.93. The third kappa shape index (κ3) is 3.63. The Morgan fingerprint density at radius 3 is 2.56 bits per heavy atom. The summed E-state index contributed by atoms with van der Waals surface area (Å²) >= 11 is 0. The number of rotatable bonds is 5. The number of nitrogens with zero attached hydrogens (tertiary/aromatic N) is 1. The van der Waals surface area contributed by atoms with Crippen LogP contribution in [0.2, 0.25) is 0 Å². The molecule has 0 saturated heterocycles. The van der Waals surface area contributed by atoms with E-state index in [-0.39, 0.29) is 17.3 Å². The van der Waals surface area contributed by atoms with Crippen molar-refractivity contribution in [1.29, 1.82) is 0 Å². The van der Waals surface area contributed by atoms with Crippen LogP contribution < -0.4 is 11.1 Å². The molecule has 0 unspecified atom stereocenters. The SMILES string of the molecule is C[C@H](Nc1ccc(C(N)=O)cc1[N+](=O)[O-])c1ccc2c(c1)CCCC2. The van der Waals surface area contributed by atoms with E-state index in [9.17, 15) is 14.9 Å². The van der Waals surface area contributed by atoms with Crippen molar-refractivity contribution in [2.75, 3.05) is 5.32 Å². The minimum Gasteiger partial charge on any atom is -0.373 e. The number of carbonyl (C=O) groups excluding carboxylic acids is 1. The summed E-state index contributed by atoms with van der Waals surface area (Å²) in [5, 5.41) is 14.5. The van der Waals surface area contributed by atoms with Crippen LogP contribution in [0, 0.1) is 10.1 Å². The van der Waals surface area contributed by atoms with Gasteiger partial charge in [0, 0.05) is 17.7 Å². The normalized spacial score (nSPS) is 14.4. The molecular formula is C19H21N3O3. The molecule has 3 N–H and O–H groups in total. The van der Waals surface area contributed by atoms with Crippen molar-refractivity contribution < 1.29 is 9.72 Å². The zero-order valence-corrected chi connectivity index (χ0v) is 14.1. The second-order valence-corrected chi connectivity index (χ2v) is 6.45. The number of fused-ring (bicyclic) bond motifs is 1. The molecule has 3 rings (SSSR count). The third-order valence-corrected chi connectivity index (χ3v) is 4.72. The monoisotopic (exact) mass is 339 g/mol. The second-order valence-electron chi connectivity index (χ2n) is 6.45. The summed E-state index contributed by atoms with van der Waals surface area (Å²) in [4.78, 5) is 22.1.